The largest absolute Gasteiger partial charge is 0.480 e. The SMILES string of the molecule is Cc1ccc(C(C)(C)C(=O)NCc2cn(CC(=O)O)nn2)cc1. The number of rotatable bonds is 6. The van der Waals surface area contributed by atoms with E-state index in [9.17, 15) is 9.59 Å². The summed E-state index contributed by atoms with van der Waals surface area (Å²) in [6.07, 6.45) is 1.51. The highest BCUT2D eigenvalue weighted by atomic mass is 16.4. The molecule has 0 saturated heterocycles. The van der Waals surface area contributed by atoms with E-state index >= 15 is 0 Å². The molecule has 0 aliphatic rings. The van der Waals surface area contributed by atoms with Crippen molar-refractivity contribution in [1.82, 2.24) is 20.3 Å². The second-order valence-corrected chi connectivity index (χ2v) is 5.97. The summed E-state index contributed by atoms with van der Waals surface area (Å²) in [5, 5.41) is 19.0. The summed E-state index contributed by atoms with van der Waals surface area (Å²) in [7, 11) is 0. The summed E-state index contributed by atoms with van der Waals surface area (Å²) in [5.74, 6) is -1.12. The molecule has 2 rings (SSSR count). The van der Waals surface area contributed by atoms with Gasteiger partial charge < -0.3 is 10.4 Å². The molecule has 7 heteroatoms. The molecule has 0 fully saturated rings. The van der Waals surface area contributed by atoms with Crippen LogP contribution in [-0.4, -0.2) is 32.0 Å². The van der Waals surface area contributed by atoms with Crippen molar-refractivity contribution in [3.8, 4) is 0 Å². The first kappa shape index (κ1) is 16.7. The zero-order chi connectivity index (χ0) is 17.0. The lowest BCUT2D eigenvalue weighted by atomic mass is 9.83. The smallest absolute Gasteiger partial charge is 0.325 e. The zero-order valence-electron chi connectivity index (χ0n) is 13.4. The van der Waals surface area contributed by atoms with Crippen molar-refractivity contribution < 1.29 is 14.7 Å². The molecule has 0 bridgehead atoms. The van der Waals surface area contributed by atoms with Crippen LogP contribution in [0.2, 0.25) is 0 Å². The summed E-state index contributed by atoms with van der Waals surface area (Å²) in [6.45, 7) is 5.66. The molecule has 1 amide bonds. The number of carbonyl (C=O) groups excluding carboxylic acids is 1. The van der Waals surface area contributed by atoms with Crippen LogP contribution >= 0.6 is 0 Å². The number of hydrogen-bond acceptors (Lipinski definition) is 4. The minimum atomic E-state index is -0.994. The summed E-state index contributed by atoms with van der Waals surface area (Å²) in [4.78, 5) is 23.0. The molecule has 0 unspecified atom stereocenters. The molecule has 1 aromatic heterocycles. The fourth-order valence-corrected chi connectivity index (χ4v) is 2.13. The summed E-state index contributed by atoms with van der Waals surface area (Å²) < 4.78 is 1.22. The van der Waals surface area contributed by atoms with E-state index in [2.05, 4.69) is 15.6 Å². The molecule has 1 heterocycles. The van der Waals surface area contributed by atoms with Gasteiger partial charge in [-0.1, -0.05) is 35.0 Å². The Morgan fingerprint density at radius 1 is 1.26 bits per heavy atom. The van der Waals surface area contributed by atoms with Crippen LogP contribution < -0.4 is 5.32 Å². The van der Waals surface area contributed by atoms with Crippen LogP contribution in [0.1, 0.15) is 30.7 Å². The lowest BCUT2D eigenvalue weighted by molar-refractivity contribution is -0.138. The fraction of sp³-hybridized carbons (Fsp3) is 0.375. The van der Waals surface area contributed by atoms with E-state index in [0.717, 1.165) is 11.1 Å². The van der Waals surface area contributed by atoms with Crippen LogP contribution in [0, 0.1) is 6.92 Å². The first-order valence-electron chi connectivity index (χ1n) is 7.25. The van der Waals surface area contributed by atoms with Crippen LogP contribution in [0.25, 0.3) is 0 Å². The van der Waals surface area contributed by atoms with Gasteiger partial charge >= 0.3 is 5.97 Å². The Morgan fingerprint density at radius 3 is 2.52 bits per heavy atom. The van der Waals surface area contributed by atoms with Gasteiger partial charge in [0, 0.05) is 0 Å². The highest BCUT2D eigenvalue weighted by Crippen LogP contribution is 2.23. The number of carbonyl (C=O) groups is 2. The van der Waals surface area contributed by atoms with Crippen molar-refractivity contribution in [2.24, 2.45) is 0 Å². The van der Waals surface area contributed by atoms with Crippen LogP contribution in [0.5, 0.6) is 0 Å². The highest BCUT2D eigenvalue weighted by molar-refractivity contribution is 5.87. The number of carboxylic acid groups (broad SMARTS) is 1. The van der Waals surface area contributed by atoms with E-state index in [0.29, 0.717) is 5.69 Å². The average Bonchev–Trinajstić information content (AvgIpc) is 2.91. The number of hydrogen-bond donors (Lipinski definition) is 2. The predicted molar refractivity (Wildman–Crippen MR) is 83.7 cm³/mol. The van der Waals surface area contributed by atoms with E-state index in [1.807, 2.05) is 45.0 Å². The maximum Gasteiger partial charge on any atom is 0.325 e. The molecule has 2 N–H and O–H groups in total. The maximum atomic E-state index is 12.4. The molecule has 0 aliphatic heterocycles. The number of nitrogens with one attached hydrogen (secondary N) is 1. The van der Waals surface area contributed by atoms with Crippen molar-refractivity contribution in [2.75, 3.05) is 0 Å². The van der Waals surface area contributed by atoms with Gasteiger partial charge in [-0.05, 0) is 26.3 Å². The van der Waals surface area contributed by atoms with Gasteiger partial charge in [0.2, 0.25) is 5.91 Å². The number of carboxylic acids is 1. The minimum Gasteiger partial charge on any atom is -0.480 e. The third kappa shape index (κ3) is 4.15. The summed E-state index contributed by atoms with van der Waals surface area (Å²) in [5.41, 5.74) is 1.90. The monoisotopic (exact) mass is 316 g/mol. The van der Waals surface area contributed by atoms with Crippen molar-refractivity contribution >= 4 is 11.9 Å². The van der Waals surface area contributed by atoms with Crippen LogP contribution in [0.3, 0.4) is 0 Å². The maximum absolute atomic E-state index is 12.4. The Hall–Kier alpha value is -2.70. The van der Waals surface area contributed by atoms with Crippen molar-refractivity contribution in [3.63, 3.8) is 0 Å². The minimum absolute atomic E-state index is 0.130. The van der Waals surface area contributed by atoms with Gasteiger partial charge in [0.25, 0.3) is 0 Å². The molecule has 2 aromatic rings. The van der Waals surface area contributed by atoms with Crippen molar-refractivity contribution in [1.29, 1.82) is 0 Å². The molecule has 0 saturated carbocycles. The average molecular weight is 316 g/mol. The molecular formula is C16H20N4O3. The lowest BCUT2D eigenvalue weighted by Crippen LogP contribution is -2.39. The normalized spacial score (nSPS) is 11.3. The Kier molecular flexibility index (Phi) is 4.78. The molecule has 1 aromatic carbocycles. The lowest BCUT2D eigenvalue weighted by Gasteiger charge is -2.24. The number of aliphatic carboxylic acids is 1. The predicted octanol–water partition coefficient (Wildman–Crippen LogP) is 1.27. The van der Waals surface area contributed by atoms with Gasteiger partial charge in [-0.15, -0.1) is 5.10 Å². The first-order chi connectivity index (χ1) is 10.8. The Balaban J connectivity index is 1.99. The third-order valence-corrected chi connectivity index (χ3v) is 3.65. The molecule has 0 atom stereocenters. The standard InChI is InChI=1S/C16H20N4O3/c1-11-4-6-12(7-5-11)16(2,3)15(23)17-8-13-9-20(19-18-13)10-14(21)22/h4-7,9H,8,10H2,1-3H3,(H,17,23)(H,21,22). The molecule has 7 nitrogen and oxygen atoms in total. The van der Waals surface area contributed by atoms with Gasteiger partial charge in [0.15, 0.2) is 0 Å². The molecule has 23 heavy (non-hydrogen) atoms. The van der Waals surface area contributed by atoms with Gasteiger partial charge in [-0.2, -0.15) is 0 Å². The number of aromatic nitrogens is 3. The molecule has 0 spiro atoms. The van der Waals surface area contributed by atoms with Gasteiger partial charge in [-0.3, -0.25) is 9.59 Å². The second kappa shape index (κ2) is 6.60. The molecule has 0 radical (unpaired) electrons. The van der Waals surface area contributed by atoms with Crippen molar-refractivity contribution in [3.05, 3.63) is 47.3 Å². The van der Waals surface area contributed by atoms with E-state index in [4.69, 9.17) is 5.11 Å². The Morgan fingerprint density at radius 2 is 1.91 bits per heavy atom. The second-order valence-electron chi connectivity index (χ2n) is 5.97. The Bertz CT molecular complexity index is 704. The number of nitrogens with zero attached hydrogens (tertiary/aromatic N) is 3. The van der Waals surface area contributed by atoms with Crippen LogP contribution in [-0.2, 0) is 28.1 Å². The van der Waals surface area contributed by atoms with Gasteiger partial charge in [-0.25, -0.2) is 4.68 Å². The Labute approximate surface area is 134 Å². The van der Waals surface area contributed by atoms with E-state index in [1.165, 1.54) is 10.9 Å². The van der Waals surface area contributed by atoms with E-state index in [-0.39, 0.29) is 19.0 Å². The summed E-state index contributed by atoms with van der Waals surface area (Å²) >= 11 is 0. The zero-order valence-corrected chi connectivity index (χ0v) is 13.4. The molecule has 122 valence electrons. The highest BCUT2D eigenvalue weighted by Gasteiger charge is 2.29. The van der Waals surface area contributed by atoms with E-state index in [1.54, 1.807) is 0 Å². The van der Waals surface area contributed by atoms with Crippen LogP contribution in [0.15, 0.2) is 30.5 Å². The fourth-order valence-electron chi connectivity index (χ4n) is 2.13. The molecular weight excluding hydrogens is 296 g/mol. The van der Waals surface area contributed by atoms with Crippen molar-refractivity contribution in [2.45, 2.75) is 39.3 Å². The summed E-state index contributed by atoms with van der Waals surface area (Å²) in [6, 6.07) is 7.83. The molecule has 0 aliphatic carbocycles. The van der Waals surface area contributed by atoms with Gasteiger partial charge in [0.05, 0.1) is 18.2 Å². The quantitative estimate of drug-likeness (QED) is 0.836. The topological polar surface area (TPSA) is 97.1 Å². The first-order valence-corrected chi connectivity index (χ1v) is 7.25. The number of aryl methyl sites for hydroxylation is 1. The number of benzene rings is 1. The van der Waals surface area contributed by atoms with E-state index < -0.39 is 11.4 Å². The van der Waals surface area contributed by atoms with Gasteiger partial charge in [0.1, 0.15) is 12.2 Å². The van der Waals surface area contributed by atoms with Crippen LogP contribution in [0.4, 0.5) is 0 Å². The third-order valence-electron chi connectivity index (χ3n) is 3.65. The number of amides is 1.